The van der Waals surface area contributed by atoms with Crippen molar-refractivity contribution in [1.29, 1.82) is 0 Å². The minimum Gasteiger partial charge on any atom is -0.283 e. The Kier molecular flexibility index (Phi) is 10.3. The summed E-state index contributed by atoms with van der Waals surface area (Å²) in [7, 11) is 0. The Hall–Kier alpha value is -1.58. The summed E-state index contributed by atoms with van der Waals surface area (Å²) in [5, 5.41) is 13.6. The molecule has 0 radical (unpaired) electrons. The maximum atomic E-state index is 3.90. The standard InChI is InChI=1S/C8H14N2.C7H12N2.C2H6/c1-6(2)7(3)8-4-5-9-10-8;1-6(2)5-7-3-4-8-9-7;1-2/h4-7H,1-3H3,(H,9,10);3-4,6H,5H2,1-2H3,(H,8,9);1-2H3. The van der Waals surface area contributed by atoms with Gasteiger partial charge in [0.2, 0.25) is 0 Å². The molecule has 1 unspecified atom stereocenters. The number of rotatable bonds is 4. The molecule has 0 bridgehead atoms. The molecule has 0 aromatic carbocycles. The van der Waals surface area contributed by atoms with Crippen molar-refractivity contribution in [1.82, 2.24) is 20.4 Å². The molecule has 120 valence electrons. The maximum Gasteiger partial charge on any atom is 0.0490 e. The van der Waals surface area contributed by atoms with Crippen LogP contribution in [0.4, 0.5) is 0 Å². The van der Waals surface area contributed by atoms with Crippen LogP contribution in [0.1, 0.15) is 65.8 Å². The van der Waals surface area contributed by atoms with Crippen LogP contribution in [0.15, 0.2) is 24.5 Å². The minimum absolute atomic E-state index is 0.586. The molecule has 2 heterocycles. The smallest absolute Gasteiger partial charge is 0.0490 e. The molecule has 2 N–H and O–H groups in total. The van der Waals surface area contributed by atoms with E-state index in [0.29, 0.717) is 17.8 Å². The van der Waals surface area contributed by atoms with Crippen LogP contribution in [-0.4, -0.2) is 20.4 Å². The molecule has 21 heavy (non-hydrogen) atoms. The summed E-state index contributed by atoms with van der Waals surface area (Å²) in [6.07, 6.45) is 4.69. The van der Waals surface area contributed by atoms with Crippen molar-refractivity contribution in [3.05, 3.63) is 35.9 Å². The van der Waals surface area contributed by atoms with Gasteiger partial charge in [0.05, 0.1) is 0 Å². The fourth-order valence-electron chi connectivity index (χ4n) is 1.72. The highest BCUT2D eigenvalue weighted by Gasteiger charge is 2.09. The lowest BCUT2D eigenvalue weighted by atomic mass is 9.95. The van der Waals surface area contributed by atoms with Gasteiger partial charge in [-0.3, -0.25) is 10.2 Å². The summed E-state index contributed by atoms with van der Waals surface area (Å²) in [5.41, 5.74) is 2.46. The number of aromatic amines is 2. The Labute approximate surface area is 129 Å². The highest BCUT2D eigenvalue weighted by atomic mass is 15.1. The number of H-pyrrole nitrogens is 2. The summed E-state index contributed by atoms with van der Waals surface area (Å²) in [5.74, 6) is 1.98. The topological polar surface area (TPSA) is 57.4 Å². The van der Waals surface area contributed by atoms with Crippen molar-refractivity contribution in [2.75, 3.05) is 0 Å². The minimum atomic E-state index is 0.586. The first-order valence-electron chi connectivity index (χ1n) is 7.98. The number of hydrogen-bond donors (Lipinski definition) is 2. The highest BCUT2D eigenvalue weighted by molar-refractivity contribution is 5.04. The van der Waals surface area contributed by atoms with E-state index in [-0.39, 0.29) is 0 Å². The zero-order valence-electron chi connectivity index (χ0n) is 14.6. The monoisotopic (exact) mass is 292 g/mol. The van der Waals surface area contributed by atoms with Crippen LogP contribution < -0.4 is 0 Å². The fourth-order valence-corrected chi connectivity index (χ4v) is 1.72. The molecule has 2 rings (SSSR count). The van der Waals surface area contributed by atoms with E-state index < -0.39 is 0 Å². The molecular formula is C17H32N4. The van der Waals surface area contributed by atoms with Gasteiger partial charge in [-0.2, -0.15) is 10.2 Å². The van der Waals surface area contributed by atoms with E-state index in [1.807, 2.05) is 26.0 Å². The molecule has 0 amide bonds. The van der Waals surface area contributed by atoms with Crippen molar-refractivity contribution >= 4 is 0 Å². The van der Waals surface area contributed by atoms with E-state index >= 15 is 0 Å². The SMILES string of the molecule is CC.CC(C)C(C)c1ccn[nH]1.CC(C)Cc1ccn[nH]1. The van der Waals surface area contributed by atoms with Crippen LogP contribution in [-0.2, 0) is 6.42 Å². The lowest BCUT2D eigenvalue weighted by molar-refractivity contribution is 0.522. The quantitative estimate of drug-likeness (QED) is 0.850. The molecule has 0 saturated heterocycles. The molecule has 0 spiro atoms. The summed E-state index contributed by atoms with van der Waals surface area (Å²) in [6.45, 7) is 15.0. The van der Waals surface area contributed by atoms with Crippen LogP contribution in [0.3, 0.4) is 0 Å². The van der Waals surface area contributed by atoms with Crippen molar-refractivity contribution in [2.24, 2.45) is 11.8 Å². The van der Waals surface area contributed by atoms with Crippen LogP contribution in [0, 0.1) is 11.8 Å². The fraction of sp³-hybridized carbons (Fsp3) is 0.647. The predicted molar refractivity (Wildman–Crippen MR) is 90.3 cm³/mol. The first kappa shape index (κ1) is 19.4. The highest BCUT2D eigenvalue weighted by Crippen LogP contribution is 2.20. The Balaban J connectivity index is 0.000000342. The molecule has 2 aromatic rings. The van der Waals surface area contributed by atoms with E-state index in [1.54, 1.807) is 12.4 Å². The second-order valence-electron chi connectivity index (χ2n) is 5.72. The zero-order chi connectivity index (χ0) is 16.3. The van der Waals surface area contributed by atoms with Gasteiger partial charge < -0.3 is 0 Å². The van der Waals surface area contributed by atoms with Crippen LogP contribution in [0.5, 0.6) is 0 Å². The largest absolute Gasteiger partial charge is 0.283 e. The van der Waals surface area contributed by atoms with Gasteiger partial charge in [0.15, 0.2) is 0 Å². The Bertz CT molecular complexity index is 416. The molecule has 4 nitrogen and oxygen atoms in total. The molecule has 4 heteroatoms. The Morgan fingerprint density at radius 2 is 1.48 bits per heavy atom. The van der Waals surface area contributed by atoms with Gasteiger partial charge in [-0.05, 0) is 30.4 Å². The van der Waals surface area contributed by atoms with Gasteiger partial charge in [-0.1, -0.05) is 48.5 Å². The molecular weight excluding hydrogens is 260 g/mol. The van der Waals surface area contributed by atoms with Crippen molar-refractivity contribution in [3.63, 3.8) is 0 Å². The summed E-state index contributed by atoms with van der Waals surface area (Å²) >= 11 is 0. The van der Waals surface area contributed by atoms with Crippen LogP contribution in [0.2, 0.25) is 0 Å². The summed E-state index contributed by atoms with van der Waals surface area (Å²) < 4.78 is 0. The Morgan fingerprint density at radius 3 is 1.86 bits per heavy atom. The second kappa shape index (κ2) is 11.1. The molecule has 0 aliphatic rings. The lowest BCUT2D eigenvalue weighted by Gasteiger charge is -2.12. The van der Waals surface area contributed by atoms with Gasteiger partial charge >= 0.3 is 0 Å². The first-order valence-corrected chi connectivity index (χ1v) is 7.98. The predicted octanol–water partition coefficient (Wildman–Crippen LogP) is 4.80. The number of nitrogens with zero attached hydrogens (tertiary/aromatic N) is 2. The molecule has 0 fully saturated rings. The Morgan fingerprint density at radius 1 is 0.905 bits per heavy atom. The average molecular weight is 292 g/mol. The summed E-state index contributed by atoms with van der Waals surface area (Å²) in [6, 6.07) is 4.05. The normalized spacial score (nSPS) is 11.5. The number of nitrogens with one attached hydrogen (secondary N) is 2. The van der Waals surface area contributed by atoms with Crippen LogP contribution in [0.25, 0.3) is 0 Å². The molecule has 0 aliphatic carbocycles. The third-order valence-electron chi connectivity index (χ3n) is 3.20. The molecule has 2 aromatic heterocycles. The van der Waals surface area contributed by atoms with Crippen LogP contribution >= 0.6 is 0 Å². The van der Waals surface area contributed by atoms with Crippen molar-refractivity contribution in [3.8, 4) is 0 Å². The second-order valence-corrected chi connectivity index (χ2v) is 5.72. The third-order valence-corrected chi connectivity index (χ3v) is 3.20. The lowest BCUT2D eigenvalue weighted by Crippen LogP contribution is -2.01. The van der Waals surface area contributed by atoms with Gasteiger partial charge in [0, 0.05) is 29.7 Å². The number of aromatic nitrogens is 4. The molecule has 0 saturated carbocycles. The average Bonchev–Trinajstić information content (AvgIpc) is 3.12. The van der Waals surface area contributed by atoms with Gasteiger partial charge in [-0.25, -0.2) is 0 Å². The van der Waals surface area contributed by atoms with Gasteiger partial charge in [0.25, 0.3) is 0 Å². The van der Waals surface area contributed by atoms with E-state index in [0.717, 1.165) is 6.42 Å². The first-order chi connectivity index (χ1) is 10.0. The van der Waals surface area contributed by atoms with Crippen molar-refractivity contribution in [2.45, 2.75) is 60.8 Å². The van der Waals surface area contributed by atoms with E-state index in [2.05, 4.69) is 55.0 Å². The third kappa shape index (κ3) is 8.33. The maximum absolute atomic E-state index is 3.90. The number of hydrogen-bond acceptors (Lipinski definition) is 2. The van der Waals surface area contributed by atoms with Gasteiger partial charge in [-0.15, -0.1) is 0 Å². The summed E-state index contributed by atoms with van der Waals surface area (Å²) in [4.78, 5) is 0. The van der Waals surface area contributed by atoms with E-state index in [4.69, 9.17) is 0 Å². The van der Waals surface area contributed by atoms with Gasteiger partial charge in [0.1, 0.15) is 0 Å². The van der Waals surface area contributed by atoms with E-state index in [1.165, 1.54) is 11.4 Å². The molecule has 0 aliphatic heterocycles. The molecule has 1 atom stereocenters. The van der Waals surface area contributed by atoms with E-state index in [9.17, 15) is 0 Å². The van der Waals surface area contributed by atoms with Crippen molar-refractivity contribution < 1.29 is 0 Å². The zero-order valence-corrected chi connectivity index (χ0v) is 14.6.